The van der Waals surface area contributed by atoms with E-state index in [4.69, 9.17) is 40.3 Å². The third kappa shape index (κ3) is 69.6. The zero-order valence-electron chi connectivity index (χ0n) is 81.7. The number of esters is 3. The highest BCUT2D eigenvalue weighted by atomic mass is 16.8. The number of methoxy groups -OCH3 is 3. The van der Waals surface area contributed by atoms with Crippen LogP contribution in [0, 0.1) is 11.8 Å². The van der Waals surface area contributed by atoms with Crippen molar-refractivity contribution in [2.45, 2.75) is 337 Å². The number of rotatable bonds is 39. The van der Waals surface area contributed by atoms with E-state index >= 15 is 0 Å². The van der Waals surface area contributed by atoms with E-state index in [1.807, 2.05) is 0 Å². The Labute approximate surface area is 763 Å². The normalized spacial score (nSPS) is 14.1. The van der Waals surface area contributed by atoms with Crippen LogP contribution in [-0.4, -0.2) is 237 Å². The second kappa shape index (κ2) is 72.3. The van der Waals surface area contributed by atoms with Crippen LogP contribution in [0.15, 0.2) is 49.1 Å². The highest BCUT2D eigenvalue weighted by molar-refractivity contribution is 5.96. The van der Waals surface area contributed by atoms with Gasteiger partial charge in [-0.2, -0.15) is 0 Å². The van der Waals surface area contributed by atoms with Crippen LogP contribution in [0.3, 0.4) is 0 Å². The summed E-state index contributed by atoms with van der Waals surface area (Å²) in [6.07, 6.45) is 26.8. The van der Waals surface area contributed by atoms with Gasteiger partial charge in [-0.25, -0.2) is 28.8 Å². The summed E-state index contributed by atoms with van der Waals surface area (Å²) >= 11 is 0. The van der Waals surface area contributed by atoms with E-state index in [-0.39, 0.29) is 84.9 Å². The summed E-state index contributed by atoms with van der Waals surface area (Å²) in [6.45, 7) is 34.3. The van der Waals surface area contributed by atoms with Crippen LogP contribution in [0.4, 0.5) is 19.2 Å². The highest BCUT2D eigenvalue weighted by Crippen LogP contribution is 2.40. The Morgan fingerprint density at radius 3 is 1.38 bits per heavy atom. The average Bonchev–Trinajstić information content (AvgIpc) is 0.815. The molecule has 0 radical (unpaired) electrons. The number of benzene rings is 2. The number of likely N-dealkylation sites (N-methyl/N-ethyl adjacent to an activating group) is 1. The molecule has 736 valence electrons. The van der Waals surface area contributed by atoms with Crippen LogP contribution in [-0.2, 0) is 92.2 Å². The molecule has 0 unspecified atom stereocenters. The van der Waals surface area contributed by atoms with Gasteiger partial charge in [0.1, 0.15) is 51.8 Å². The smallest absolute Gasteiger partial charge is 0.507 e. The lowest BCUT2D eigenvalue weighted by molar-refractivity contribution is -0.144. The summed E-state index contributed by atoms with van der Waals surface area (Å²) in [5.74, 6) is -6.57. The van der Waals surface area contributed by atoms with E-state index in [0.29, 0.717) is 62.9 Å². The van der Waals surface area contributed by atoms with Crippen LogP contribution in [0.5, 0.6) is 11.5 Å². The molecule has 4 atom stereocenters. The molecule has 33 heteroatoms. The number of nitrogens with two attached hydrogens (primary N) is 2. The predicted octanol–water partition coefficient (Wildman–Crippen LogP) is 17.0. The fourth-order valence-corrected chi connectivity index (χ4v) is 11.7. The first-order valence-electron chi connectivity index (χ1n) is 45.1. The van der Waals surface area contributed by atoms with Gasteiger partial charge in [0.15, 0.2) is 5.78 Å². The van der Waals surface area contributed by atoms with Crippen LogP contribution in [0.25, 0.3) is 11.1 Å². The Morgan fingerprint density at radius 2 is 0.984 bits per heavy atom. The van der Waals surface area contributed by atoms with Crippen molar-refractivity contribution in [1.82, 2.24) is 25.3 Å². The van der Waals surface area contributed by atoms with Crippen LogP contribution in [0.2, 0.25) is 0 Å². The minimum atomic E-state index is -1.31. The number of carboxylic acid groups (broad SMARTS) is 2. The van der Waals surface area contributed by atoms with E-state index in [1.54, 1.807) is 103 Å². The van der Waals surface area contributed by atoms with Gasteiger partial charge in [-0.15, -0.1) is 0 Å². The summed E-state index contributed by atoms with van der Waals surface area (Å²) in [5.41, 5.74) is 9.93. The van der Waals surface area contributed by atoms with Gasteiger partial charge in [0.2, 0.25) is 11.8 Å². The van der Waals surface area contributed by atoms with Gasteiger partial charge in [0.05, 0.1) is 40.6 Å². The number of phenols is 2. The van der Waals surface area contributed by atoms with Gasteiger partial charge in [-0.3, -0.25) is 33.6 Å². The highest BCUT2D eigenvalue weighted by Gasteiger charge is 2.37. The number of aliphatic carboxylic acids is 2. The summed E-state index contributed by atoms with van der Waals surface area (Å²) in [5, 5.41) is 45.4. The first-order valence-corrected chi connectivity index (χ1v) is 45.1. The number of carbonyl (C=O) groups excluding carboxylic acids is 11. The molecular weight excluding hydrogens is 1660 g/mol. The molecule has 0 aromatic heterocycles. The second-order valence-corrected chi connectivity index (χ2v) is 35.2. The van der Waals surface area contributed by atoms with E-state index in [1.165, 1.54) is 197 Å². The summed E-state index contributed by atoms with van der Waals surface area (Å²) < 4.78 is 41.9. The largest absolute Gasteiger partial charge is 0.519 e. The van der Waals surface area contributed by atoms with Crippen molar-refractivity contribution in [2.24, 2.45) is 23.3 Å². The Balaban J connectivity index is -0.000000833. The number of carboxylic acids is 2. The maximum Gasteiger partial charge on any atom is 0.519 e. The first kappa shape index (κ1) is 125. The molecule has 2 aliphatic heterocycles. The third-order valence-electron chi connectivity index (χ3n) is 18.6. The molecule has 1 fully saturated rings. The van der Waals surface area contributed by atoms with E-state index in [9.17, 15) is 77.6 Å². The van der Waals surface area contributed by atoms with Gasteiger partial charge >= 0.3 is 54.3 Å². The molecular formula is C95H165N7O26. The number of amides is 4. The maximum absolute atomic E-state index is 14.3. The number of aromatic hydroxyl groups is 2. The molecule has 128 heavy (non-hydrogen) atoms. The van der Waals surface area contributed by atoms with E-state index in [2.05, 4.69) is 50.0 Å². The minimum Gasteiger partial charge on any atom is -0.507 e. The SMILES string of the molecule is C1CCOC1.C=CC(=O)OC.CC(C)(C)OC(=O)OC(=O)OC(C)(C)C.CCCCCCCCCCCCCC(=O)C[C@@H](CCCCN)C(=O)N(C)[C@@H]1C(=O)C[C@@H](C)C(=O)N[C@H](C(=O)O)Cc2ccc(O)c(c2)-c2cc1ccc2O.CCCCCCCCCCN.CN(CCC(=O)O)C(=O)OC(C)(C)C.CNCCC(=O)OC.COC(=O)CCN(C)C(=O)OC(C)(C)C. The molecule has 4 bridgehead atoms. The molecule has 0 spiro atoms. The molecule has 33 nitrogen and oxygen atoms in total. The van der Waals surface area contributed by atoms with E-state index < -0.39 is 100 Å². The van der Waals surface area contributed by atoms with Crippen LogP contribution in [0.1, 0.15) is 314 Å². The lowest BCUT2D eigenvalue weighted by Gasteiger charge is -2.32. The maximum atomic E-state index is 14.3. The monoisotopic (exact) mass is 1820 g/mol. The number of phenolic OH excluding ortho intramolecular Hbond substituents is 2. The molecule has 4 amide bonds. The average molecular weight is 1820 g/mol. The van der Waals surface area contributed by atoms with Crippen molar-refractivity contribution >= 4 is 77.7 Å². The fourth-order valence-electron chi connectivity index (χ4n) is 11.7. The quantitative estimate of drug-likeness (QED) is 0.0101. The number of nitrogens with one attached hydrogen (secondary N) is 2. The second-order valence-electron chi connectivity index (χ2n) is 35.2. The van der Waals surface area contributed by atoms with Gasteiger partial charge in [-0.1, -0.05) is 155 Å². The molecule has 1 saturated heterocycles. The number of carbonyl (C=O) groups is 13. The Morgan fingerprint density at radius 1 is 0.562 bits per heavy atom. The number of hydrogen-bond donors (Lipinski definition) is 8. The number of unbranched alkanes of at least 4 members (excludes halogenated alkanes) is 18. The van der Waals surface area contributed by atoms with Crippen LogP contribution < -0.4 is 22.1 Å². The molecule has 2 aromatic rings. The Kier molecular flexibility index (Phi) is 70.5. The van der Waals surface area contributed by atoms with Crippen LogP contribution >= 0.6 is 0 Å². The number of fused-ring (bicyclic) bond motifs is 5. The Bertz CT molecular complexity index is 3460. The zero-order chi connectivity index (χ0) is 98.6. The molecule has 10 N–H and O–H groups in total. The van der Waals surface area contributed by atoms with Crippen molar-refractivity contribution in [3.05, 3.63) is 60.2 Å². The van der Waals surface area contributed by atoms with Crippen molar-refractivity contribution in [1.29, 1.82) is 0 Å². The van der Waals surface area contributed by atoms with Crippen molar-refractivity contribution in [2.75, 3.05) is 95.5 Å². The Hall–Kier alpha value is -9.47. The number of ketones is 2. The number of hydrogen-bond acceptors (Lipinski definition) is 27. The lowest BCUT2D eigenvalue weighted by Crippen LogP contribution is -2.45. The number of nitrogens with zero attached hydrogens (tertiary/aromatic N) is 3. The minimum absolute atomic E-state index is 0.00307. The summed E-state index contributed by atoms with van der Waals surface area (Å²) in [4.78, 5) is 157. The number of ether oxygens (including phenoxy) is 9. The molecule has 0 aliphatic carbocycles. The van der Waals surface area contributed by atoms with Crippen molar-refractivity contribution in [3.8, 4) is 22.6 Å². The van der Waals surface area contributed by atoms with E-state index in [0.717, 1.165) is 51.5 Å². The zero-order valence-corrected chi connectivity index (χ0v) is 81.7. The lowest BCUT2D eigenvalue weighted by atomic mass is 9.88. The first-order chi connectivity index (χ1) is 59.9. The van der Waals surface area contributed by atoms with Gasteiger partial charge in [0, 0.05) is 109 Å². The van der Waals surface area contributed by atoms with Gasteiger partial charge in [0.25, 0.3) is 0 Å². The molecule has 2 aliphatic rings. The van der Waals surface area contributed by atoms with Crippen molar-refractivity contribution < 1.29 is 125 Å². The predicted molar refractivity (Wildman–Crippen MR) is 495 cm³/mol. The molecule has 2 heterocycles. The topological polar surface area (TPSA) is 472 Å². The molecule has 4 rings (SSSR count). The summed E-state index contributed by atoms with van der Waals surface area (Å²) in [7, 11) is 10.4. The fraction of sp³-hybridized carbons (Fsp3) is 0.716. The number of Topliss-reactive ketones (excluding diaryl/α,β-unsaturated/α-hetero) is 2. The van der Waals surface area contributed by atoms with Gasteiger partial charge < -0.3 is 99.9 Å². The standard InChI is InChI=1S/C43H63N3O8.C10H19NO4.C10H23N.C10H18O5.C9H17NO4.C5H11NO2.C4H6O2.C4H8O/c1-4-5-6-7-8-9-10-11-12-13-14-18-33(47)27-32(17-15-16-23-44)42(52)46(3)40-31-20-22-38(49)35(28-31)34-25-30(19-21-37(34)48)26-36(43(53)54)45-41(51)29(2)24-39(40)50;1-10(2,3)15-9(13)11(4)7-6-8(12)14-5;1-2-3-4-5-6-7-8-9-10-11;1-9(2,3)14-7(11)13-8(12)15-10(4,5)6;1-9(2,3)14-8(13)10(4)6-5-7(11)12;1-6-4-3-5(7)8-2;1-3-4(5)6-2;1-2-4-5-3-1/h19-22,25,28-29,32,36,40,48-49H,4-18,23-24,26-27,44H2,1-3H3,(H,45,51)(H,53,54);6-7H2,1-5H3;2-11H2,1H3;1-6H3;5-6H2,1-4H3,(H,11,12);6H,3-4H2,1-2H3;3H,1H2,2H3;1-4H2/t29-,32-,36+,40+;;;;;;;/m1......./s1. The summed E-state index contributed by atoms with van der Waals surface area (Å²) in [6, 6.07) is 6.39. The van der Waals surface area contributed by atoms with Crippen molar-refractivity contribution in [3.63, 3.8) is 0 Å². The third-order valence-corrected chi connectivity index (χ3v) is 18.6. The molecule has 0 saturated carbocycles. The molecule has 2 aromatic carbocycles. The van der Waals surface area contributed by atoms with Gasteiger partial charge in [-0.05, 0) is 177 Å².